The van der Waals surface area contributed by atoms with Gasteiger partial charge in [-0.1, -0.05) is 18.2 Å². The van der Waals surface area contributed by atoms with Gasteiger partial charge in [-0.25, -0.2) is 0 Å². The molecule has 0 spiro atoms. The molecule has 0 fully saturated rings. The summed E-state index contributed by atoms with van der Waals surface area (Å²) in [5, 5.41) is 3.16. The van der Waals surface area contributed by atoms with Crippen LogP contribution in [0.4, 0.5) is 17.1 Å². The molecule has 0 aliphatic carbocycles. The Balaban J connectivity index is 2.33. The van der Waals surface area contributed by atoms with Crippen molar-refractivity contribution < 1.29 is 0 Å². The number of aryl methyl sites for hydroxylation is 1. The molecule has 0 aliphatic heterocycles. The van der Waals surface area contributed by atoms with Gasteiger partial charge in [-0.2, -0.15) is 0 Å². The molecule has 88 valence electrons. The van der Waals surface area contributed by atoms with E-state index in [-0.39, 0.29) is 0 Å². The first-order valence-corrected chi connectivity index (χ1v) is 5.79. The Morgan fingerprint density at radius 3 is 2.24 bits per heavy atom. The quantitative estimate of drug-likeness (QED) is 0.856. The molecule has 0 atom stereocenters. The van der Waals surface area contributed by atoms with Crippen molar-refractivity contribution in [2.24, 2.45) is 0 Å². The molecule has 0 bridgehead atoms. The molecule has 0 unspecified atom stereocenters. The molecule has 2 rings (SSSR count). The smallest absolute Gasteiger partial charge is 0.0428 e. The van der Waals surface area contributed by atoms with Gasteiger partial charge in [-0.3, -0.25) is 0 Å². The second-order valence-electron chi connectivity index (χ2n) is 4.20. The molecule has 0 aromatic heterocycles. The van der Waals surface area contributed by atoms with Gasteiger partial charge in [-0.05, 0) is 42.8 Å². The first kappa shape index (κ1) is 11.5. The van der Waals surface area contributed by atoms with E-state index in [9.17, 15) is 0 Å². The van der Waals surface area contributed by atoms with Crippen LogP contribution >= 0.6 is 0 Å². The standard InChI is InChI=1S/C15H18N2/c1-12-6-4-8-14(10-12)17(3)15-9-5-7-13(11-15)16-2/h4-11,16H,1-3H3. The highest BCUT2D eigenvalue weighted by Gasteiger charge is 2.04. The van der Waals surface area contributed by atoms with Crippen molar-refractivity contribution in [2.75, 3.05) is 24.3 Å². The fourth-order valence-corrected chi connectivity index (χ4v) is 1.86. The molecule has 0 aliphatic rings. The summed E-state index contributed by atoms with van der Waals surface area (Å²) in [4.78, 5) is 2.19. The van der Waals surface area contributed by atoms with Crippen molar-refractivity contribution in [2.45, 2.75) is 6.92 Å². The van der Waals surface area contributed by atoms with Crippen molar-refractivity contribution in [1.82, 2.24) is 0 Å². The van der Waals surface area contributed by atoms with Gasteiger partial charge < -0.3 is 10.2 Å². The maximum Gasteiger partial charge on any atom is 0.0428 e. The predicted molar refractivity (Wildman–Crippen MR) is 75.2 cm³/mol. The molecule has 0 radical (unpaired) electrons. The Hall–Kier alpha value is -1.96. The summed E-state index contributed by atoms with van der Waals surface area (Å²) < 4.78 is 0. The molecule has 2 aromatic rings. The number of hydrogen-bond acceptors (Lipinski definition) is 2. The average Bonchev–Trinajstić information content (AvgIpc) is 2.38. The normalized spacial score (nSPS) is 10.1. The Labute approximate surface area is 103 Å². The highest BCUT2D eigenvalue weighted by Crippen LogP contribution is 2.26. The summed E-state index contributed by atoms with van der Waals surface area (Å²) in [7, 11) is 4.02. The van der Waals surface area contributed by atoms with Gasteiger partial charge in [0.05, 0.1) is 0 Å². The second-order valence-corrected chi connectivity index (χ2v) is 4.20. The third-order valence-corrected chi connectivity index (χ3v) is 2.91. The minimum atomic E-state index is 1.13. The number of nitrogens with one attached hydrogen (secondary N) is 1. The van der Waals surface area contributed by atoms with Gasteiger partial charge in [0.1, 0.15) is 0 Å². The molecule has 0 heterocycles. The summed E-state index contributed by atoms with van der Waals surface area (Å²) in [5.74, 6) is 0. The van der Waals surface area contributed by atoms with Crippen LogP contribution in [0.15, 0.2) is 48.5 Å². The van der Waals surface area contributed by atoms with Gasteiger partial charge in [0.15, 0.2) is 0 Å². The molecule has 2 nitrogen and oxygen atoms in total. The highest BCUT2D eigenvalue weighted by molar-refractivity contribution is 5.66. The van der Waals surface area contributed by atoms with Crippen LogP contribution in [0.1, 0.15) is 5.56 Å². The van der Waals surface area contributed by atoms with E-state index in [1.54, 1.807) is 0 Å². The zero-order valence-electron chi connectivity index (χ0n) is 10.6. The maximum absolute atomic E-state index is 3.16. The van der Waals surface area contributed by atoms with Crippen LogP contribution < -0.4 is 10.2 Å². The minimum Gasteiger partial charge on any atom is -0.388 e. The van der Waals surface area contributed by atoms with E-state index in [4.69, 9.17) is 0 Å². The summed E-state index contributed by atoms with van der Waals surface area (Å²) in [6, 6.07) is 16.9. The summed E-state index contributed by atoms with van der Waals surface area (Å²) in [6.07, 6.45) is 0. The minimum absolute atomic E-state index is 1.13. The van der Waals surface area contributed by atoms with Crippen LogP contribution in [-0.4, -0.2) is 14.1 Å². The molecule has 2 aromatic carbocycles. The lowest BCUT2D eigenvalue weighted by Crippen LogP contribution is -2.09. The summed E-state index contributed by atoms with van der Waals surface area (Å²) in [5.41, 5.74) is 4.79. The topological polar surface area (TPSA) is 15.3 Å². The van der Waals surface area contributed by atoms with Gasteiger partial charge in [-0.15, -0.1) is 0 Å². The Morgan fingerprint density at radius 1 is 0.941 bits per heavy atom. The molecule has 0 amide bonds. The van der Waals surface area contributed by atoms with Crippen molar-refractivity contribution in [3.63, 3.8) is 0 Å². The number of hydrogen-bond donors (Lipinski definition) is 1. The monoisotopic (exact) mass is 226 g/mol. The van der Waals surface area contributed by atoms with E-state index >= 15 is 0 Å². The second kappa shape index (κ2) is 4.91. The van der Waals surface area contributed by atoms with Crippen LogP contribution in [0, 0.1) is 6.92 Å². The molecule has 2 heteroatoms. The number of rotatable bonds is 3. The van der Waals surface area contributed by atoms with E-state index in [2.05, 4.69) is 72.7 Å². The Kier molecular flexibility index (Phi) is 3.33. The van der Waals surface area contributed by atoms with Crippen LogP contribution in [0.5, 0.6) is 0 Å². The summed E-state index contributed by atoms with van der Waals surface area (Å²) in [6.45, 7) is 2.11. The third-order valence-electron chi connectivity index (χ3n) is 2.91. The molecule has 1 N–H and O–H groups in total. The van der Waals surface area contributed by atoms with E-state index < -0.39 is 0 Å². The average molecular weight is 226 g/mol. The van der Waals surface area contributed by atoms with Gasteiger partial charge >= 0.3 is 0 Å². The number of benzene rings is 2. The van der Waals surface area contributed by atoms with Crippen molar-refractivity contribution in [1.29, 1.82) is 0 Å². The highest BCUT2D eigenvalue weighted by atomic mass is 15.1. The van der Waals surface area contributed by atoms with E-state index in [0.29, 0.717) is 0 Å². The third kappa shape index (κ3) is 2.59. The first-order valence-electron chi connectivity index (χ1n) is 5.79. The van der Waals surface area contributed by atoms with Crippen molar-refractivity contribution in [3.8, 4) is 0 Å². The van der Waals surface area contributed by atoms with Crippen LogP contribution in [0.2, 0.25) is 0 Å². The lowest BCUT2D eigenvalue weighted by Gasteiger charge is -2.20. The lowest BCUT2D eigenvalue weighted by molar-refractivity contribution is 1.20. The SMILES string of the molecule is CNc1cccc(N(C)c2cccc(C)c2)c1. The molecular weight excluding hydrogens is 208 g/mol. The van der Waals surface area contributed by atoms with E-state index in [1.807, 2.05) is 7.05 Å². The van der Waals surface area contributed by atoms with E-state index in [1.165, 1.54) is 16.9 Å². The number of anilines is 3. The van der Waals surface area contributed by atoms with Crippen molar-refractivity contribution in [3.05, 3.63) is 54.1 Å². The Morgan fingerprint density at radius 2 is 1.59 bits per heavy atom. The fraction of sp³-hybridized carbons (Fsp3) is 0.200. The zero-order valence-corrected chi connectivity index (χ0v) is 10.6. The molecule has 0 saturated carbocycles. The van der Waals surface area contributed by atoms with Crippen LogP contribution in [0.25, 0.3) is 0 Å². The van der Waals surface area contributed by atoms with E-state index in [0.717, 1.165) is 5.69 Å². The van der Waals surface area contributed by atoms with Gasteiger partial charge in [0.2, 0.25) is 0 Å². The molecule has 17 heavy (non-hydrogen) atoms. The van der Waals surface area contributed by atoms with Gasteiger partial charge in [0.25, 0.3) is 0 Å². The van der Waals surface area contributed by atoms with Gasteiger partial charge in [0, 0.05) is 31.2 Å². The predicted octanol–water partition coefficient (Wildman–Crippen LogP) is 3.80. The Bertz CT molecular complexity index is 506. The number of nitrogens with zero attached hydrogens (tertiary/aromatic N) is 1. The lowest BCUT2D eigenvalue weighted by atomic mass is 10.2. The van der Waals surface area contributed by atoms with Crippen LogP contribution in [-0.2, 0) is 0 Å². The van der Waals surface area contributed by atoms with Crippen LogP contribution in [0.3, 0.4) is 0 Å². The molecular formula is C15H18N2. The first-order chi connectivity index (χ1) is 8.20. The maximum atomic E-state index is 3.16. The van der Waals surface area contributed by atoms with Crippen molar-refractivity contribution >= 4 is 17.1 Å². The fourth-order valence-electron chi connectivity index (χ4n) is 1.86. The zero-order chi connectivity index (χ0) is 12.3. The largest absolute Gasteiger partial charge is 0.388 e. The molecule has 0 saturated heterocycles. The summed E-state index contributed by atoms with van der Waals surface area (Å²) >= 11 is 0.